The predicted molar refractivity (Wildman–Crippen MR) is 84.1 cm³/mol. The third kappa shape index (κ3) is 4.31. The highest BCUT2D eigenvalue weighted by Crippen LogP contribution is 2.19. The van der Waals surface area contributed by atoms with E-state index >= 15 is 0 Å². The van der Waals surface area contributed by atoms with Crippen LogP contribution in [0.3, 0.4) is 0 Å². The number of carbonyl (C=O) groups excluding carboxylic acids is 1. The van der Waals surface area contributed by atoms with Gasteiger partial charge in [0, 0.05) is 5.56 Å². The molecule has 0 bridgehead atoms. The maximum atomic E-state index is 12.3. The summed E-state index contributed by atoms with van der Waals surface area (Å²) in [6.07, 6.45) is 8.57. The highest BCUT2D eigenvalue weighted by molar-refractivity contribution is 5.99. The minimum Gasteiger partial charge on any atom is -0.307 e. The van der Waals surface area contributed by atoms with E-state index in [1.165, 1.54) is 31.2 Å². The molecule has 0 saturated heterocycles. The molecular weight excluding hydrogens is 246 g/mol. The first kappa shape index (κ1) is 15.0. The smallest absolute Gasteiger partial charge is 0.179 e. The summed E-state index contributed by atoms with van der Waals surface area (Å²) in [5.74, 6) is 0.183. The second-order valence-corrected chi connectivity index (χ2v) is 5.76. The molecule has 0 amide bonds. The number of hydrogen-bond donors (Lipinski definition) is 1. The maximum Gasteiger partial charge on any atom is 0.179 e. The Bertz CT molecular complexity index is 473. The monoisotopic (exact) mass is 271 g/mol. The van der Waals surface area contributed by atoms with E-state index < -0.39 is 0 Å². The Labute approximate surface area is 122 Å². The van der Waals surface area contributed by atoms with Crippen LogP contribution < -0.4 is 5.32 Å². The van der Waals surface area contributed by atoms with Crippen LogP contribution in [0.25, 0.3) is 0 Å². The van der Waals surface area contributed by atoms with Gasteiger partial charge in [-0.2, -0.15) is 0 Å². The Balaban J connectivity index is 1.79. The van der Waals surface area contributed by atoms with Gasteiger partial charge in [0.15, 0.2) is 5.78 Å². The van der Waals surface area contributed by atoms with Crippen LogP contribution in [0.2, 0.25) is 0 Å². The van der Waals surface area contributed by atoms with Crippen LogP contribution in [-0.4, -0.2) is 18.4 Å². The van der Waals surface area contributed by atoms with E-state index in [2.05, 4.69) is 11.4 Å². The van der Waals surface area contributed by atoms with Gasteiger partial charge in [-0.15, -0.1) is 0 Å². The van der Waals surface area contributed by atoms with Gasteiger partial charge in [0.25, 0.3) is 0 Å². The zero-order valence-electron chi connectivity index (χ0n) is 12.6. The van der Waals surface area contributed by atoms with E-state index in [0.717, 1.165) is 18.5 Å². The van der Waals surface area contributed by atoms with E-state index in [1.54, 1.807) is 5.57 Å². The predicted octanol–water partition coefficient (Wildman–Crippen LogP) is 4.05. The summed E-state index contributed by atoms with van der Waals surface area (Å²) < 4.78 is 0. The summed E-state index contributed by atoms with van der Waals surface area (Å²) in [6, 6.07) is 7.71. The number of benzene rings is 1. The summed E-state index contributed by atoms with van der Waals surface area (Å²) >= 11 is 0. The Hall–Kier alpha value is -1.41. The molecule has 0 saturated carbocycles. The fourth-order valence-corrected chi connectivity index (χ4v) is 2.64. The SMILES string of the molecule is Cc1ccc(C(=O)C(C)NCCC2=CCCCC2)cc1. The zero-order valence-corrected chi connectivity index (χ0v) is 12.6. The molecule has 0 radical (unpaired) electrons. The van der Waals surface area contributed by atoms with E-state index in [-0.39, 0.29) is 11.8 Å². The van der Waals surface area contributed by atoms with Gasteiger partial charge in [0.1, 0.15) is 0 Å². The molecular formula is C18H25NO. The van der Waals surface area contributed by atoms with Gasteiger partial charge in [-0.25, -0.2) is 0 Å². The molecule has 1 unspecified atom stereocenters. The molecule has 0 spiro atoms. The van der Waals surface area contributed by atoms with Crippen molar-refractivity contribution in [1.29, 1.82) is 0 Å². The fraction of sp³-hybridized carbons (Fsp3) is 0.500. The summed E-state index contributed by atoms with van der Waals surface area (Å²) in [4.78, 5) is 12.3. The molecule has 2 heteroatoms. The summed E-state index contributed by atoms with van der Waals surface area (Å²) in [6.45, 7) is 4.88. The van der Waals surface area contributed by atoms with E-state index in [0.29, 0.717) is 0 Å². The quantitative estimate of drug-likeness (QED) is 0.625. The summed E-state index contributed by atoms with van der Waals surface area (Å²) in [5, 5.41) is 3.35. The zero-order chi connectivity index (χ0) is 14.4. The van der Waals surface area contributed by atoms with Crippen LogP contribution in [0.1, 0.15) is 54.9 Å². The largest absolute Gasteiger partial charge is 0.307 e. The van der Waals surface area contributed by atoms with Crippen molar-refractivity contribution >= 4 is 5.78 Å². The van der Waals surface area contributed by atoms with Crippen molar-refractivity contribution in [3.05, 3.63) is 47.0 Å². The normalized spacial score (nSPS) is 16.6. The first-order valence-corrected chi connectivity index (χ1v) is 7.69. The lowest BCUT2D eigenvalue weighted by Crippen LogP contribution is -2.34. The molecule has 1 N–H and O–H groups in total. The highest BCUT2D eigenvalue weighted by Gasteiger charge is 2.14. The molecule has 0 fully saturated rings. The van der Waals surface area contributed by atoms with E-state index in [1.807, 2.05) is 38.1 Å². The molecule has 0 heterocycles. The summed E-state index contributed by atoms with van der Waals surface area (Å²) in [7, 11) is 0. The molecule has 2 rings (SSSR count). The van der Waals surface area contributed by atoms with Gasteiger partial charge in [-0.3, -0.25) is 4.79 Å². The van der Waals surface area contributed by atoms with Crippen molar-refractivity contribution in [1.82, 2.24) is 5.32 Å². The summed E-state index contributed by atoms with van der Waals surface area (Å²) in [5.41, 5.74) is 3.54. The minimum atomic E-state index is -0.109. The van der Waals surface area contributed by atoms with Crippen molar-refractivity contribution in [2.75, 3.05) is 6.54 Å². The number of aryl methyl sites for hydroxylation is 1. The van der Waals surface area contributed by atoms with Gasteiger partial charge in [-0.1, -0.05) is 41.5 Å². The van der Waals surface area contributed by atoms with Crippen LogP contribution >= 0.6 is 0 Å². The van der Waals surface area contributed by atoms with Crippen molar-refractivity contribution in [2.45, 2.75) is 52.0 Å². The molecule has 1 aromatic rings. The third-order valence-electron chi connectivity index (χ3n) is 4.01. The second kappa shape index (κ2) is 7.39. The number of Topliss-reactive ketones (excluding diaryl/α,β-unsaturated/α-hetero) is 1. The Morgan fingerprint density at radius 3 is 2.65 bits per heavy atom. The lowest BCUT2D eigenvalue weighted by molar-refractivity contribution is 0.0951. The van der Waals surface area contributed by atoms with Crippen molar-refractivity contribution < 1.29 is 4.79 Å². The molecule has 2 nitrogen and oxygen atoms in total. The van der Waals surface area contributed by atoms with Gasteiger partial charge < -0.3 is 5.32 Å². The van der Waals surface area contributed by atoms with Crippen LogP contribution in [0.5, 0.6) is 0 Å². The Morgan fingerprint density at radius 1 is 1.25 bits per heavy atom. The van der Waals surface area contributed by atoms with Crippen LogP contribution in [0, 0.1) is 6.92 Å². The third-order valence-corrected chi connectivity index (χ3v) is 4.01. The Kier molecular flexibility index (Phi) is 5.54. The number of carbonyl (C=O) groups is 1. The second-order valence-electron chi connectivity index (χ2n) is 5.76. The molecule has 0 aliphatic heterocycles. The van der Waals surface area contributed by atoms with Crippen LogP contribution in [0.4, 0.5) is 0 Å². The lowest BCUT2D eigenvalue weighted by atomic mass is 9.97. The van der Waals surface area contributed by atoms with Crippen LogP contribution in [0.15, 0.2) is 35.9 Å². The number of allylic oxidation sites excluding steroid dienone is 1. The minimum absolute atomic E-state index is 0.109. The maximum absolute atomic E-state index is 12.3. The molecule has 1 aliphatic rings. The van der Waals surface area contributed by atoms with Crippen molar-refractivity contribution in [3.8, 4) is 0 Å². The van der Waals surface area contributed by atoms with E-state index in [4.69, 9.17) is 0 Å². The molecule has 108 valence electrons. The average molecular weight is 271 g/mol. The average Bonchev–Trinajstić information content (AvgIpc) is 2.48. The lowest BCUT2D eigenvalue weighted by Gasteiger charge is -2.16. The van der Waals surface area contributed by atoms with Crippen LogP contribution in [-0.2, 0) is 0 Å². The van der Waals surface area contributed by atoms with Crippen molar-refractivity contribution in [3.63, 3.8) is 0 Å². The number of nitrogens with one attached hydrogen (secondary N) is 1. The molecule has 1 atom stereocenters. The molecule has 1 aromatic carbocycles. The molecule has 0 aromatic heterocycles. The van der Waals surface area contributed by atoms with Gasteiger partial charge >= 0.3 is 0 Å². The van der Waals surface area contributed by atoms with Gasteiger partial charge in [0.05, 0.1) is 6.04 Å². The van der Waals surface area contributed by atoms with Gasteiger partial charge in [-0.05, 0) is 52.5 Å². The van der Waals surface area contributed by atoms with E-state index in [9.17, 15) is 4.79 Å². The standard InChI is InChI=1S/C18H25NO/c1-14-8-10-17(11-9-14)18(20)15(2)19-13-12-16-6-4-3-5-7-16/h6,8-11,15,19H,3-5,7,12-13H2,1-2H3. The van der Waals surface area contributed by atoms with Gasteiger partial charge in [0.2, 0.25) is 0 Å². The Morgan fingerprint density at radius 2 is 2.00 bits per heavy atom. The number of ketones is 1. The fourth-order valence-electron chi connectivity index (χ4n) is 2.64. The first-order chi connectivity index (χ1) is 9.66. The topological polar surface area (TPSA) is 29.1 Å². The van der Waals surface area contributed by atoms with Crippen molar-refractivity contribution in [2.24, 2.45) is 0 Å². The molecule has 20 heavy (non-hydrogen) atoms. The number of rotatable bonds is 6. The highest BCUT2D eigenvalue weighted by atomic mass is 16.1. The molecule has 1 aliphatic carbocycles. The number of hydrogen-bond acceptors (Lipinski definition) is 2. The first-order valence-electron chi connectivity index (χ1n) is 7.69.